The Hall–Kier alpha value is -0.940. The molecule has 16 heavy (non-hydrogen) atoms. The number of aryl methyl sites for hydroxylation is 1. The summed E-state index contributed by atoms with van der Waals surface area (Å²) in [7, 11) is 0. The molecule has 0 saturated heterocycles. The minimum absolute atomic E-state index is 0.0172. The highest BCUT2D eigenvalue weighted by Crippen LogP contribution is 2.32. The van der Waals surface area contributed by atoms with E-state index in [0.717, 1.165) is 15.6 Å². The highest BCUT2D eigenvalue weighted by atomic mass is 32.1. The predicted octanol–water partition coefficient (Wildman–Crippen LogP) is 2.22. The van der Waals surface area contributed by atoms with Crippen LogP contribution in [0.5, 0.6) is 0 Å². The summed E-state index contributed by atoms with van der Waals surface area (Å²) in [6.07, 6.45) is -0.0490. The van der Waals surface area contributed by atoms with E-state index < -0.39 is 12.0 Å². The highest BCUT2D eigenvalue weighted by Gasteiger charge is 2.23. The zero-order valence-corrected chi connectivity index (χ0v) is 10.9. The fourth-order valence-corrected chi connectivity index (χ4v) is 2.48. The highest BCUT2D eigenvalue weighted by molar-refractivity contribution is 7.12. The van der Waals surface area contributed by atoms with E-state index in [2.05, 4.69) is 25.8 Å². The molecule has 0 fully saturated rings. The van der Waals surface area contributed by atoms with Crippen molar-refractivity contribution in [3.05, 3.63) is 15.6 Å². The summed E-state index contributed by atoms with van der Waals surface area (Å²) < 4.78 is 0. The molecule has 0 amide bonds. The summed E-state index contributed by atoms with van der Waals surface area (Å²) in [6, 6.07) is -0.453. The molecule has 0 saturated carbocycles. The zero-order chi connectivity index (χ0) is 12.5. The molecule has 3 N–H and O–H groups in total. The Morgan fingerprint density at radius 2 is 2.12 bits per heavy atom. The Labute approximate surface area is 99.5 Å². The number of nitrogens with two attached hydrogens (primary N) is 1. The van der Waals surface area contributed by atoms with Gasteiger partial charge in [-0.1, -0.05) is 20.8 Å². The Kier molecular flexibility index (Phi) is 3.70. The van der Waals surface area contributed by atoms with Gasteiger partial charge in [0.2, 0.25) is 0 Å². The molecule has 0 aliphatic carbocycles. The van der Waals surface area contributed by atoms with Crippen molar-refractivity contribution in [2.75, 3.05) is 0 Å². The Morgan fingerprint density at radius 1 is 1.56 bits per heavy atom. The largest absolute Gasteiger partial charge is 0.481 e. The molecule has 0 radical (unpaired) electrons. The second kappa shape index (κ2) is 4.51. The van der Waals surface area contributed by atoms with Crippen LogP contribution in [0.2, 0.25) is 0 Å². The molecular formula is C11H18N2O2S. The van der Waals surface area contributed by atoms with Crippen LogP contribution >= 0.6 is 11.3 Å². The summed E-state index contributed by atoms with van der Waals surface area (Å²) in [6.45, 7) is 8.12. The van der Waals surface area contributed by atoms with Crippen molar-refractivity contribution in [1.82, 2.24) is 4.98 Å². The van der Waals surface area contributed by atoms with Gasteiger partial charge in [-0.3, -0.25) is 4.79 Å². The Bertz CT molecular complexity index is 393. The van der Waals surface area contributed by atoms with Gasteiger partial charge in [0, 0.05) is 10.3 Å². The minimum atomic E-state index is -0.877. The first kappa shape index (κ1) is 13.1. The van der Waals surface area contributed by atoms with Crippen molar-refractivity contribution in [1.29, 1.82) is 0 Å². The maximum Gasteiger partial charge on any atom is 0.305 e. The van der Waals surface area contributed by atoms with E-state index in [9.17, 15) is 4.79 Å². The average Bonchev–Trinajstić information content (AvgIpc) is 2.44. The van der Waals surface area contributed by atoms with Gasteiger partial charge >= 0.3 is 5.97 Å². The number of carboxylic acid groups (broad SMARTS) is 1. The van der Waals surface area contributed by atoms with Gasteiger partial charge in [-0.05, 0) is 6.92 Å². The maximum atomic E-state index is 10.6. The molecule has 90 valence electrons. The normalized spacial score (nSPS) is 13.8. The lowest BCUT2D eigenvalue weighted by molar-refractivity contribution is -0.137. The monoisotopic (exact) mass is 242 g/mol. The van der Waals surface area contributed by atoms with Crippen LogP contribution in [0.4, 0.5) is 0 Å². The lowest BCUT2D eigenvalue weighted by Crippen LogP contribution is -2.14. The van der Waals surface area contributed by atoms with Crippen molar-refractivity contribution in [3.63, 3.8) is 0 Å². The number of carbonyl (C=O) groups is 1. The van der Waals surface area contributed by atoms with Gasteiger partial charge in [-0.25, -0.2) is 4.98 Å². The molecule has 5 heteroatoms. The van der Waals surface area contributed by atoms with Gasteiger partial charge in [0.1, 0.15) is 0 Å². The van der Waals surface area contributed by atoms with E-state index in [4.69, 9.17) is 10.8 Å². The van der Waals surface area contributed by atoms with E-state index in [-0.39, 0.29) is 11.8 Å². The SMILES string of the molecule is Cc1nc(C(C)(C)C)sc1C(N)CC(=O)O. The van der Waals surface area contributed by atoms with Crippen LogP contribution in [0, 0.1) is 6.92 Å². The number of hydrogen-bond donors (Lipinski definition) is 2. The molecule has 1 aromatic heterocycles. The number of rotatable bonds is 3. The van der Waals surface area contributed by atoms with Crippen LogP contribution in [0.1, 0.15) is 48.8 Å². The van der Waals surface area contributed by atoms with Gasteiger partial charge in [0.15, 0.2) is 0 Å². The van der Waals surface area contributed by atoms with Crippen LogP contribution in [-0.2, 0) is 10.2 Å². The van der Waals surface area contributed by atoms with Crippen molar-refractivity contribution < 1.29 is 9.90 Å². The van der Waals surface area contributed by atoms with Gasteiger partial charge in [0.05, 0.1) is 23.2 Å². The second-order valence-corrected chi connectivity index (χ2v) is 5.95. The molecule has 0 bridgehead atoms. The first-order chi connectivity index (χ1) is 7.21. The maximum absolute atomic E-state index is 10.6. The Morgan fingerprint density at radius 3 is 2.50 bits per heavy atom. The van der Waals surface area contributed by atoms with Gasteiger partial charge in [-0.2, -0.15) is 0 Å². The summed E-state index contributed by atoms with van der Waals surface area (Å²) >= 11 is 1.52. The first-order valence-corrected chi connectivity index (χ1v) is 5.98. The van der Waals surface area contributed by atoms with Crippen LogP contribution in [-0.4, -0.2) is 16.1 Å². The number of aromatic nitrogens is 1. The molecule has 0 spiro atoms. The second-order valence-electron chi connectivity index (χ2n) is 4.92. The number of aliphatic carboxylic acids is 1. The fourth-order valence-electron chi connectivity index (χ4n) is 1.35. The molecule has 0 aliphatic rings. The lowest BCUT2D eigenvalue weighted by atomic mass is 9.98. The number of hydrogen-bond acceptors (Lipinski definition) is 4. The van der Waals surface area contributed by atoms with Gasteiger partial charge < -0.3 is 10.8 Å². The van der Waals surface area contributed by atoms with Crippen LogP contribution in [0.25, 0.3) is 0 Å². The van der Waals surface area contributed by atoms with E-state index in [1.54, 1.807) is 0 Å². The van der Waals surface area contributed by atoms with E-state index >= 15 is 0 Å². The molecule has 0 aromatic carbocycles. The summed E-state index contributed by atoms with van der Waals surface area (Å²) in [5, 5.41) is 9.71. The molecule has 1 heterocycles. The van der Waals surface area contributed by atoms with Crippen LogP contribution in [0.3, 0.4) is 0 Å². The first-order valence-electron chi connectivity index (χ1n) is 5.17. The van der Waals surface area contributed by atoms with E-state index in [0.29, 0.717) is 0 Å². The standard InChI is InChI=1S/C11H18N2O2S/c1-6-9(7(12)5-8(14)15)16-10(13-6)11(2,3)4/h7H,5,12H2,1-4H3,(H,14,15). The third-order valence-corrected chi connectivity index (χ3v) is 3.92. The molecule has 0 aliphatic heterocycles. The molecule has 1 rings (SSSR count). The molecular weight excluding hydrogens is 224 g/mol. The van der Waals surface area contributed by atoms with Crippen molar-refractivity contribution in [2.45, 2.75) is 45.6 Å². The van der Waals surface area contributed by atoms with E-state index in [1.807, 2.05) is 6.92 Å². The molecule has 1 unspecified atom stereocenters. The minimum Gasteiger partial charge on any atom is -0.481 e. The van der Waals surface area contributed by atoms with Crippen molar-refractivity contribution in [3.8, 4) is 0 Å². The zero-order valence-electron chi connectivity index (χ0n) is 10.1. The van der Waals surface area contributed by atoms with Crippen LogP contribution < -0.4 is 5.73 Å². The summed E-state index contributed by atoms with van der Waals surface area (Å²) in [5.74, 6) is -0.877. The average molecular weight is 242 g/mol. The Balaban J connectivity index is 2.98. The van der Waals surface area contributed by atoms with Crippen molar-refractivity contribution in [2.24, 2.45) is 5.73 Å². The molecule has 1 aromatic rings. The van der Waals surface area contributed by atoms with Gasteiger partial charge in [-0.15, -0.1) is 11.3 Å². The molecule has 1 atom stereocenters. The number of carboxylic acids is 1. The lowest BCUT2D eigenvalue weighted by Gasteiger charge is -2.13. The summed E-state index contributed by atoms with van der Waals surface area (Å²) in [4.78, 5) is 15.9. The quantitative estimate of drug-likeness (QED) is 0.852. The molecule has 4 nitrogen and oxygen atoms in total. The van der Waals surface area contributed by atoms with Gasteiger partial charge in [0.25, 0.3) is 0 Å². The van der Waals surface area contributed by atoms with E-state index in [1.165, 1.54) is 11.3 Å². The number of nitrogens with zero attached hydrogens (tertiary/aromatic N) is 1. The summed E-state index contributed by atoms with van der Waals surface area (Å²) in [5.41, 5.74) is 6.68. The number of thiazole rings is 1. The third kappa shape index (κ3) is 3.02. The predicted molar refractivity (Wildman–Crippen MR) is 64.7 cm³/mol. The third-order valence-electron chi connectivity index (χ3n) is 2.21. The van der Waals surface area contributed by atoms with Crippen LogP contribution in [0.15, 0.2) is 0 Å². The smallest absolute Gasteiger partial charge is 0.305 e. The van der Waals surface area contributed by atoms with Crippen molar-refractivity contribution >= 4 is 17.3 Å². The fraction of sp³-hybridized carbons (Fsp3) is 0.636. The topological polar surface area (TPSA) is 76.2 Å².